The Bertz CT molecular complexity index is 814. The number of carbonyl (C=O) groups excluding carboxylic acids is 1. The Kier molecular flexibility index (Phi) is 4.39. The molecule has 1 aromatic heterocycles. The number of ether oxygens (including phenoxy) is 1. The van der Waals surface area contributed by atoms with Crippen LogP contribution in [0.15, 0.2) is 54.6 Å². The van der Waals surface area contributed by atoms with Gasteiger partial charge in [0.05, 0.1) is 11.4 Å². The summed E-state index contributed by atoms with van der Waals surface area (Å²) < 4.78 is 6.87. The van der Waals surface area contributed by atoms with Crippen LogP contribution in [-0.2, 0) is 11.3 Å². The Morgan fingerprint density at radius 2 is 1.83 bits per heavy atom. The fraction of sp³-hybridized carbons (Fsp3) is 0.118. The van der Waals surface area contributed by atoms with Gasteiger partial charge in [0.2, 0.25) is 0 Å². The highest BCUT2D eigenvalue weighted by Crippen LogP contribution is 2.16. The summed E-state index contributed by atoms with van der Waals surface area (Å²) in [4.78, 5) is 12.2. The van der Waals surface area contributed by atoms with Gasteiger partial charge in [-0.25, -0.2) is 9.48 Å². The lowest BCUT2D eigenvalue weighted by molar-refractivity contribution is 0.0464. The van der Waals surface area contributed by atoms with Gasteiger partial charge in [0.25, 0.3) is 0 Å². The van der Waals surface area contributed by atoms with Crippen molar-refractivity contribution in [3.05, 3.63) is 76.6 Å². The summed E-state index contributed by atoms with van der Waals surface area (Å²) >= 11 is 5.87. The highest BCUT2D eigenvalue weighted by Gasteiger charge is 2.18. The summed E-state index contributed by atoms with van der Waals surface area (Å²) in [7, 11) is 0. The van der Waals surface area contributed by atoms with Gasteiger partial charge < -0.3 is 4.74 Å². The zero-order chi connectivity index (χ0) is 16.2. The molecule has 0 aliphatic heterocycles. The molecule has 2 aromatic carbocycles. The lowest BCUT2D eigenvalue weighted by atomic mass is 10.2. The van der Waals surface area contributed by atoms with Gasteiger partial charge in [-0.2, -0.15) is 0 Å². The van der Waals surface area contributed by atoms with E-state index >= 15 is 0 Å². The van der Waals surface area contributed by atoms with Crippen LogP contribution < -0.4 is 0 Å². The highest BCUT2D eigenvalue weighted by molar-refractivity contribution is 6.30. The predicted molar refractivity (Wildman–Crippen MR) is 86.7 cm³/mol. The Hall–Kier alpha value is -2.66. The molecule has 3 aromatic rings. The van der Waals surface area contributed by atoms with Gasteiger partial charge in [0.1, 0.15) is 6.61 Å². The Morgan fingerprint density at radius 1 is 1.13 bits per heavy atom. The lowest BCUT2D eigenvalue weighted by Gasteiger charge is -2.05. The number of rotatable bonds is 4. The fourth-order valence-corrected chi connectivity index (χ4v) is 2.26. The standard InChI is InChI=1S/C17H14ClN3O2/c1-12-16(17(22)23-11-13-5-3-2-4-6-13)19-20-21(12)15-9-7-14(18)8-10-15/h2-10H,11H2,1H3. The average molecular weight is 328 g/mol. The number of halogens is 1. The highest BCUT2D eigenvalue weighted by atomic mass is 35.5. The maximum absolute atomic E-state index is 12.2. The van der Waals surface area contributed by atoms with Crippen LogP contribution in [0.1, 0.15) is 21.7 Å². The van der Waals surface area contributed by atoms with E-state index in [1.807, 2.05) is 42.5 Å². The number of aromatic nitrogens is 3. The van der Waals surface area contributed by atoms with Crippen LogP contribution in [0.5, 0.6) is 0 Å². The van der Waals surface area contributed by atoms with Gasteiger partial charge in [-0.05, 0) is 36.8 Å². The SMILES string of the molecule is Cc1c(C(=O)OCc2ccccc2)nnn1-c1ccc(Cl)cc1. The monoisotopic (exact) mass is 327 g/mol. The topological polar surface area (TPSA) is 57.0 Å². The summed E-state index contributed by atoms with van der Waals surface area (Å²) in [6, 6.07) is 16.6. The third-order valence-electron chi connectivity index (χ3n) is 3.37. The third-order valence-corrected chi connectivity index (χ3v) is 3.62. The molecule has 0 amide bonds. The minimum Gasteiger partial charge on any atom is -0.456 e. The van der Waals surface area contributed by atoms with Gasteiger partial charge in [0.15, 0.2) is 5.69 Å². The normalized spacial score (nSPS) is 10.5. The molecule has 0 radical (unpaired) electrons. The molecule has 0 spiro atoms. The van der Waals surface area contributed by atoms with E-state index in [1.54, 1.807) is 23.7 Å². The predicted octanol–water partition coefficient (Wildman–Crippen LogP) is 3.59. The molecular formula is C17H14ClN3O2. The quantitative estimate of drug-likeness (QED) is 0.687. The van der Waals surface area contributed by atoms with Crippen LogP contribution in [0, 0.1) is 6.92 Å². The second-order valence-electron chi connectivity index (χ2n) is 4.97. The maximum atomic E-state index is 12.2. The van der Waals surface area contributed by atoms with Crippen molar-refractivity contribution in [1.82, 2.24) is 15.0 Å². The van der Waals surface area contributed by atoms with Crippen molar-refractivity contribution in [3.8, 4) is 5.69 Å². The largest absolute Gasteiger partial charge is 0.456 e. The summed E-state index contributed by atoms with van der Waals surface area (Å²) in [5.41, 5.74) is 2.52. The molecule has 0 unspecified atom stereocenters. The molecule has 0 bridgehead atoms. The van der Waals surface area contributed by atoms with E-state index in [9.17, 15) is 4.79 Å². The smallest absolute Gasteiger partial charge is 0.361 e. The second kappa shape index (κ2) is 6.62. The number of nitrogens with zero attached hydrogens (tertiary/aromatic N) is 3. The number of hydrogen-bond acceptors (Lipinski definition) is 4. The molecule has 1 heterocycles. The van der Waals surface area contributed by atoms with Crippen LogP contribution in [0.2, 0.25) is 5.02 Å². The molecule has 0 fully saturated rings. The molecule has 0 aliphatic carbocycles. The van der Waals surface area contributed by atoms with Gasteiger partial charge in [-0.3, -0.25) is 0 Å². The Balaban J connectivity index is 1.76. The lowest BCUT2D eigenvalue weighted by Crippen LogP contribution is -2.08. The van der Waals surface area contributed by atoms with Crippen molar-refractivity contribution in [3.63, 3.8) is 0 Å². The van der Waals surface area contributed by atoms with Gasteiger partial charge in [0, 0.05) is 5.02 Å². The fourth-order valence-electron chi connectivity index (χ4n) is 2.14. The van der Waals surface area contributed by atoms with Crippen molar-refractivity contribution >= 4 is 17.6 Å². The summed E-state index contributed by atoms with van der Waals surface area (Å²) in [5, 5.41) is 8.58. The Labute approximate surface area is 138 Å². The molecule has 3 rings (SSSR count). The van der Waals surface area contributed by atoms with E-state index in [0.717, 1.165) is 11.3 Å². The molecule has 0 atom stereocenters. The van der Waals surface area contributed by atoms with Crippen LogP contribution in [0.25, 0.3) is 5.69 Å². The summed E-state index contributed by atoms with van der Waals surface area (Å²) in [5.74, 6) is -0.494. The number of benzene rings is 2. The number of hydrogen-bond donors (Lipinski definition) is 0. The minimum atomic E-state index is -0.494. The first-order valence-electron chi connectivity index (χ1n) is 7.04. The van der Waals surface area contributed by atoms with E-state index in [4.69, 9.17) is 16.3 Å². The first-order valence-corrected chi connectivity index (χ1v) is 7.42. The Morgan fingerprint density at radius 3 is 2.52 bits per heavy atom. The average Bonchev–Trinajstić information content (AvgIpc) is 2.96. The van der Waals surface area contributed by atoms with Crippen molar-refractivity contribution in [1.29, 1.82) is 0 Å². The van der Waals surface area contributed by atoms with E-state index in [1.165, 1.54) is 0 Å². The molecule has 5 nitrogen and oxygen atoms in total. The molecule has 116 valence electrons. The van der Waals surface area contributed by atoms with Crippen molar-refractivity contribution in [2.45, 2.75) is 13.5 Å². The van der Waals surface area contributed by atoms with Crippen molar-refractivity contribution in [2.24, 2.45) is 0 Å². The molecule has 0 aliphatic rings. The minimum absolute atomic E-state index is 0.201. The van der Waals surface area contributed by atoms with Crippen LogP contribution in [0.3, 0.4) is 0 Å². The zero-order valence-corrected chi connectivity index (χ0v) is 13.2. The van der Waals surface area contributed by atoms with E-state index < -0.39 is 5.97 Å². The number of esters is 1. The van der Waals surface area contributed by atoms with E-state index in [-0.39, 0.29) is 12.3 Å². The molecule has 0 N–H and O–H groups in total. The molecular weight excluding hydrogens is 314 g/mol. The van der Waals surface area contributed by atoms with E-state index in [2.05, 4.69) is 10.3 Å². The van der Waals surface area contributed by atoms with Gasteiger partial charge >= 0.3 is 5.97 Å². The van der Waals surface area contributed by atoms with Gasteiger partial charge in [-0.1, -0.05) is 47.1 Å². The summed E-state index contributed by atoms with van der Waals surface area (Å²) in [6.45, 7) is 1.97. The van der Waals surface area contributed by atoms with Crippen LogP contribution in [-0.4, -0.2) is 21.0 Å². The molecule has 6 heteroatoms. The maximum Gasteiger partial charge on any atom is 0.361 e. The van der Waals surface area contributed by atoms with Crippen molar-refractivity contribution in [2.75, 3.05) is 0 Å². The molecule has 23 heavy (non-hydrogen) atoms. The van der Waals surface area contributed by atoms with Crippen LogP contribution >= 0.6 is 11.6 Å². The first-order chi connectivity index (χ1) is 11.1. The number of carbonyl (C=O) groups is 1. The van der Waals surface area contributed by atoms with Crippen LogP contribution in [0.4, 0.5) is 0 Å². The first kappa shape index (κ1) is 15.2. The third kappa shape index (κ3) is 3.40. The van der Waals surface area contributed by atoms with Crippen molar-refractivity contribution < 1.29 is 9.53 Å². The van der Waals surface area contributed by atoms with Gasteiger partial charge in [-0.15, -0.1) is 5.10 Å². The summed E-state index contributed by atoms with van der Waals surface area (Å²) in [6.07, 6.45) is 0. The van der Waals surface area contributed by atoms with E-state index in [0.29, 0.717) is 10.7 Å². The zero-order valence-electron chi connectivity index (χ0n) is 12.4. The molecule has 0 saturated heterocycles. The molecule has 0 saturated carbocycles. The second-order valence-corrected chi connectivity index (χ2v) is 5.41.